The first-order valence-electron chi connectivity index (χ1n) is 9.22. The lowest BCUT2D eigenvalue weighted by Gasteiger charge is -2.26. The third kappa shape index (κ3) is 6.90. The van der Waals surface area contributed by atoms with Crippen LogP contribution in [0.2, 0.25) is 0 Å². The van der Waals surface area contributed by atoms with Crippen molar-refractivity contribution in [3.05, 3.63) is 59.7 Å². The number of benzene rings is 2. The van der Waals surface area contributed by atoms with Gasteiger partial charge in [0, 0.05) is 25.7 Å². The molecule has 0 heterocycles. The number of hydrogen-bond acceptors (Lipinski definition) is 4. The van der Waals surface area contributed by atoms with Crippen LogP contribution in [0.5, 0.6) is 11.5 Å². The van der Waals surface area contributed by atoms with Crippen molar-refractivity contribution >= 4 is 5.96 Å². The maximum Gasteiger partial charge on any atom is 0.387 e. The highest BCUT2D eigenvalue weighted by atomic mass is 19.3. The molecule has 6 nitrogen and oxygen atoms in total. The molecule has 0 radical (unpaired) electrons. The standard InChI is InChI=1S/C21H28F2N4O2/c1-24-21(26-14-18(27(2)3)15-8-6-5-7-9-15)25-13-16-12-17(28-4)10-11-19(16)29-20(22)23/h5-12,18,20H,13-14H2,1-4H3,(H2,24,25,26). The lowest BCUT2D eigenvalue weighted by atomic mass is 10.1. The van der Waals surface area contributed by atoms with E-state index < -0.39 is 6.61 Å². The Balaban J connectivity index is 2.03. The zero-order valence-corrected chi connectivity index (χ0v) is 17.2. The third-order valence-electron chi connectivity index (χ3n) is 4.42. The van der Waals surface area contributed by atoms with Gasteiger partial charge in [-0.3, -0.25) is 4.99 Å². The van der Waals surface area contributed by atoms with Crippen LogP contribution in [0.3, 0.4) is 0 Å². The van der Waals surface area contributed by atoms with E-state index in [1.807, 2.05) is 32.3 Å². The zero-order valence-electron chi connectivity index (χ0n) is 17.2. The van der Waals surface area contributed by atoms with Crippen LogP contribution in [0.4, 0.5) is 8.78 Å². The van der Waals surface area contributed by atoms with E-state index in [4.69, 9.17) is 4.74 Å². The zero-order chi connectivity index (χ0) is 21.2. The molecule has 0 amide bonds. The van der Waals surface area contributed by atoms with Gasteiger partial charge in [0.2, 0.25) is 0 Å². The summed E-state index contributed by atoms with van der Waals surface area (Å²) in [5.41, 5.74) is 1.72. The maximum atomic E-state index is 12.7. The highest BCUT2D eigenvalue weighted by molar-refractivity contribution is 5.79. The molecule has 158 valence electrons. The molecule has 2 N–H and O–H groups in total. The van der Waals surface area contributed by atoms with E-state index in [2.05, 4.69) is 37.4 Å². The van der Waals surface area contributed by atoms with Crippen molar-refractivity contribution in [3.8, 4) is 11.5 Å². The molecule has 0 saturated carbocycles. The van der Waals surface area contributed by atoms with E-state index in [0.29, 0.717) is 23.8 Å². The van der Waals surface area contributed by atoms with E-state index in [1.165, 1.54) is 18.7 Å². The topological polar surface area (TPSA) is 58.1 Å². The van der Waals surface area contributed by atoms with Gasteiger partial charge in [-0.1, -0.05) is 30.3 Å². The molecule has 2 aromatic carbocycles. The second kappa shape index (κ2) is 11.2. The molecule has 0 bridgehead atoms. The summed E-state index contributed by atoms with van der Waals surface area (Å²) in [6.45, 7) is -2.03. The van der Waals surface area contributed by atoms with E-state index in [9.17, 15) is 8.78 Å². The Hall–Kier alpha value is -2.87. The Morgan fingerprint density at radius 3 is 2.41 bits per heavy atom. The van der Waals surface area contributed by atoms with Crippen LogP contribution in [0, 0.1) is 0 Å². The molecule has 0 saturated heterocycles. The fourth-order valence-corrected chi connectivity index (χ4v) is 2.90. The Bertz CT molecular complexity index is 786. The normalized spacial score (nSPS) is 12.8. The molecule has 2 rings (SSSR count). The summed E-state index contributed by atoms with van der Waals surface area (Å²) in [6, 6.07) is 15.0. The number of nitrogens with one attached hydrogen (secondary N) is 2. The second-order valence-electron chi connectivity index (χ2n) is 6.55. The molecule has 0 aliphatic heterocycles. The van der Waals surface area contributed by atoms with Gasteiger partial charge >= 0.3 is 6.61 Å². The molecule has 0 spiro atoms. The van der Waals surface area contributed by atoms with Gasteiger partial charge in [0.05, 0.1) is 13.2 Å². The van der Waals surface area contributed by atoms with Crippen LogP contribution in [-0.2, 0) is 6.54 Å². The fraction of sp³-hybridized carbons (Fsp3) is 0.381. The predicted molar refractivity (Wildman–Crippen MR) is 111 cm³/mol. The number of guanidine groups is 1. The molecule has 29 heavy (non-hydrogen) atoms. The number of hydrogen-bond donors (Lipinski definition) is 2. The van der Waals surface area contributed by atoms with Crippen molar-refractivity contribution in [2.75, 3.05) is 34.8 Å². The van der Waals surface area contributed by atoms with Crippen molar-refractivity contribution < 1.29 is 18.3 Å². The Kier molecular flexibility index (Phi) is 8.67. The highest BCUT2D eigenvalue weighted by Crippen LogP contribution is 2.25. The summed E-state index contributed by atoms with van der Waals surface area (Å²) in [4.78, 5) is 6.33. The Labute approximate surface area is 170 Å². The van der Waals surface area contributed by atoms with Gasteiger partial charge in [-0.2, -0.15) is 8.78 Å². The van der Waals surface area contributed by atoms with Gasteiger partial charge in [0.25, 0.3) is 0 Å². The number of aliphatic imine (C=N–C) groups is 1. The molecular formula is C21H28F2N4O2. The Morgan fingerprint density at radius 1 is 1.10 bits per heavy atom. The van der Waals surface area contributed by atoms with E-state index in [-0.39, 0.29) is 18.3 Å². The first-order chi connectivity index (χ1) is 13.9. The number of methoxy groups -OCH3 is 1. The maximum absolute atomic E-state index is 12.7. The monoisotopic (exact) mass is 406 g/mol. The molecular weight excluding hydrogens is 378 g/mol. The van der Waals surface area contributed by atoms with Gasteiger partial charge in [0.1, 0.15) is 11.5 Å². The summed E-state index contributed by atoms with van der Waals surface area (Å²) in [7, 11) is 7.20. The predicted octanol–water partition coefficient (Wildman–Crippen LogP) is 3.26. The van der Waals surface area contributed by atoms with Gasteiger partial charge in [-0.05, 0) is 37.9 Å². The number of nitrogens with zero attached hydrogens (tertiary/aromatic N) is 2. The first-order valence-corrected chi connectivity index (χ1v) is 9.22. The molecule has 0 aromatic heterocycles. The van der Waals surface area contributed by atoms with Crippen molar-refractivity contribution in [2.24, 2.45) is 4.99 Å². The average Bonchev–Trinajstić information content (AvgIpc) is 2.71. The molecule has 0 aliphatic carbocycles. The lowest BCUT2D eigenvalue weighted by Crippen LogP contribution is -2.41. The number of ether oxygens (including phenoxy) is 2. The number of alkyl halides is 2. The first kappa shape index (κ1) is 22.4. The van der Waals surface area contributed by atoms with Crippen molar-refractivity contribution in [1.29, 1.82) is 0 Å². The van der Waals surface area contributed by atoms with Crippen LogP contribution in [0.15, 0.2) is 53.5 Å². The summed E-state index contributed by atoms with van der Waals surface area (Å²) < 4.78 is 35.1. The van der Waals surface area contributed by atoms with Gasteiger partial charge in [-0.25, -0.2) is 0 Å². The summed E-state index contributed by atoms with van der Waals surface area (Å²) >= 11 is 0. The van der Waals surface area contributed by atoms with E-state index >= 15 is 0 Å². The summed E-state index contributed by atoms with van der Waals surface area (Å²) in [5.74, 6) is 1.21. The molecule has 8 heteroatoms. The highest BCUT2D eigenvalue weighted by Gasteiger charge is 2.15. The van der Waals surface area contributed by atoms with E-state index in [1.54, 1.807) is 19.2 Å². The third-order valence-corrected chi connectivity index (χ3v) is 4.42. The molecule has 1 atom stereocenters. The van der Waals surface area contributed by atoms with Crippen LogP contribution in [0.1, 0.15) is 17.2 Å². The second-order valence-corrected chi connectivity index (χ2v) is 6.55. The molecule has 0 fully saturated rings. The summed E-state index contributed by atoms with van der Waals surface area (Å²) in [6.07, 6.45) is 0. The Morgan fingerprint density at radius 2 is 1.83 bits per heavy atom. The molecule has 1 unspecified atom stereocenters. The van der Waals surface area contributed by atoms with Crippen molar-refractivity contribution in [3.63, 3.8) is 0 Å². The van der Waals surface area contributed by atoms with Crippen molar-refractivity contribution in [1.82, 2.24) is 15.5 Å². The lowest BCUT2D eigenvalue weighted by molar-refractivity contribution is -0.0504. The number of likely N-dealkylation sites (N-methyl/N-ethyl adjacent to an activating group) is 1. The van der Waals surface area contributed by atoms with Crippen molar-refractivity contribution in [2.45, 2.75) is 19.2 Å². The van der Waals surface area contributed by atoms with Gasteiger partial charge in [-0.15, -0.1) is 0 Å². The smallest absolute Gasteiger partial charge is 0.387 e. The van der Waals surface area contributed by atoms with Crippen LogP contribution >= 0.6 is 0 Å². The van der Waals surface area contributed by atoms with Gasteiger partial charge in [0.15, 0.2) is 5.96 Å². The fourth-order valence-electron chi connectivity index (χ4n) is 2.90. The quantitative estimate of drug-likeness (QED) is 0.495. The van der Waals surface area contributed by atoms with Gasteiger partial charge < -0.3 is 25.0 Å². The van der Waals surface area contributed by atoms with E-state index in [0.717, 1.165) is 0 Å². The summed E-state index contributed by atoms with van der Waals surface area (Å²) in [5, 5.41) is 6.42. The van der Waals surface area contributed by atoms with Crippen LogP contribution < -0.4 is 20.1 Å². The van der Waals surface area contributed by atoms with Crippen LogP contribution in [-0.4, -0.2) is 52.3 Å². The minimum Gasteiger partial charge on any atom is -0.497 e. The average molecular weight is 406 g/mol. The minimum absolute atomic E-state index is 0.0965. The molecule has 0 aliphatic rings. The largest absolute Gasteiger partial charge is 0.497 e. The number of halogens is 2. The number of rotatable bonds is 9. The SMILES string of the molecule is CN=C(NCc1cc(OC)ccc1OC(F)F)NCC(c1ccccc1)N(C)C. The van der Waals surface area contributed by atoms with Crippen LogP contribution in [0.25, 0.3) is 0 Å². The minimum atomic E-state index is -2.90. The molecule has 2 aromatic rings.